The lowest BCUT2D eigenvalue weighted by molar-refractivity contribution is -0.134. The Morgan fingerprint density at radius 1 is 1.05 bits per heavy atom. The maximum absolute atomic E-state index is 12.2. The molecular weight excluding hydrogens is 302 g/mol. The van der Waals surface area contributed by atoms with E-state index >= 15 is 0 Å². The first kappa shape index (κ1) is 15.8. The zero-order valence-corrected chi connectivity index (χ0v) is 12.7. The molecule has 0 unspecified atom stereocenters. The number of carbonyl (C=O) groups excluding carboxylic acids is 1. The van der Waals surface area contributed by atoms with Gasteiger partial charge in [-0.2, -0.15) is 0 Å². The molecule has 0 aromatic heterocycles. The van der Waals surface area contributed by atoms with Gasteiger partial charge in [-0.05, 0) is 35.9 Å². The molecule has 0 aliphatic heterocycles. The van der Waals surface area contributed by atoms with E-state index in [-0.39, 0.29) is 4.90 Å². The van der Waals surface area contributed by atoms with E-state index in [2.05, 4.69) is 9.46 Å². The largest absolute Gasteiger partial charge is 0.466 e. The van der Waals surface area contributed by atoms with Gasteiger partial charge in [0, 0.05) is 11.8 Å². The number of nitrogens with one attached hydrogen (secondary N) is 1. The number of ether oxygens (including phenoxy) is 1. The van der Waals surface area contributed by atoms with Crippen molar-refractivity contribution in [1.82, 2.24) is 0 Å². The summed E-state index contributed by atoms with van der Waals surface area (Å²) >= 11 is 0. The monoisotopic (exact) mass is 317 g/mol. The zero-order chi connectivity index (χ0) is 16.0. The van der Waals surface area contributed by atoms with Crippen LogP contribution in [0.5, 0.6) is 0 Å². The highest BCUT2D eigenvalue weighted by Crippen LogP contribution is 2.16. The Balaban J connectivity index is 2.12. The van der Waals surface area contributed by atoms with Crippen molar-refractivity contribution in [2.24, 2.45) is 0 Å². The fourth-order valence-electron chi connectivity index (χ4n) is 1.71. The number of hydrogen-bond donors (Lipinski definition) is 1. The number of rotatable bonds is 5. The zero-order valence-electron chi connectivity index (χ0n) is 11.9. The smallest absolute Gasteiger partial charge is 0.330 e. The number of methoxy groups -OCH3 is 1. The molecule has 0 atom stereocenters. The van der Waals surface area contributed by atoms with Gasteiger partial charge in [-0.1, -0.05) is 30.3 Å². The Kier molecular flexibility index (Phi) is 4.95. The van der Waals surface area contributed by atoms with Gasteiger partial charge in [0.05, 0.1) is 12.0 Å². The van der Waals surface area contributed by atoms with Gasteiger partial charge in [-0.3, -0.25) is 4.72 Å². The normalized spacial score (nSPS) is 11.3. The van der Waals surface area contributed by atoms with E-state index in [1.54, 1.807) is 48.5 Å². The molecule has 0 saturated carbocycles. The first-order chi connectivity index (χ1) is 10.5. The third-order valence-electron chi connectivity index (χ3n) is 2.83. The lowest BCUT2D eigenvalue weighted by Crippen LogP contribution is -2.12. The van der Waals surface area contributed by atoms with Crippen molar-refractivity contribution in [1.29, 1.82) is 0 Å². The molecule has 0 heterocycles. The van der Waals surface area contributed by atoms with Crippen LogP contribution in [0.4, 0.5) is 5.69 Å². The van der Waals surface area contributed by atoms with Crippen molar-refractivity contribution >= 4 is 27.8 Å². The summed E-state index contributed by atoms with van der Waals surface area (Å²) in [6.45, 7) is 0. The van der Waals surface area contributed by atoms with Gasteiger partial charge in [0.25, 0.3) is 10.0 Å². The second kappa shape index (κ2) is 6.91. The van der Waals surface area contributed by atoms with Gasteiger partial charge in [0.15, 0.2) is 0 Å². The summed E-state index contributed by atoms with van der Waals surface area (Å²) in [7, 11) is -2.30. The molecule has 2 aromatic carbocycles. The highest BCUT2D eigenvalue weighted by atomic mass is 32.2. The van der Waals surface area contributed by atoms with E-state index in [0.717, 1.165) is 5.56 Å². The van der Waals surface area contributed by atoms with E-state index in [0.29, 0.717) is 5.69 Å². The topological polar surface area (TPSA) is 72.5 Å². The molecule has 22 heavy (non-hydrogen) atoms. The van der Waals surface area contributed by atoms with Crippen molar-refractivity contribution in [2.45, 2.75) is 4.90 Å². The molecule has 2 aromatic rings. The van der Waals surface area contributed by atoms with E-state index in [1.807, 2.05) is 0 Å². The van der Waals surface area contributed by atoms with Crippen LogP contribution in [-0.2, 0) is 19.6 Å². The van der Waals surface area contributed by atoms with Crippen LogP contribution in [0.2, 0.25) is 0 Å². The average molecular weight is 317 g/mol. The van der Waals surface area contributed by atoms with Gasteiger partial charge in [0.2, 0.25) is 0 Å². The summed E-state index contributed by atoms with van der Waals surface area (Å²) in [6.07, 6.45) is 2.88. The fraction of sp³-hybridized carbons (Fsp3) is 0.0625. The summed E-state index contributed by atoms with van der Waals surface area (Å²) in [5.41, 5.74) is 1.20. The molecule has 0 amide bonds. The highest BCUT2D eigenvalue weighted by molar-refractivity contribution is 7.92. The Labute approximate surface area is 129 Å². The lowest BCUT2D eigenvalue weighted by Gasteiger charge is -2.08. The molecule has 0 aliphatic rings. The van der Waals surface area contributed by atoms with Crippen molar-refractivity contribution in [3.63, 3.8) is 0 Å². The predicted molar refractivity (Wildman–Crippen MR) is 84.7 cm³/mol. The summed E-state index contributed by atoms with van der Waals surface area (Å²) in [5.74, 6) is -0.450. The minimum Gasteiger partial charge on any atom is -0.466 e. The number of esters is 1. The number of anilines is 1. The van der Waals surface area contributed by atoms with Crippen LogP contribution in [0.15, 0.2) is 65.6 Å². The van der Waals surface area contributed by atoms with E-state index in [1.165, 1.54) is 25.3 Å². The Morgan fingerprint density at radius 2 is 1.68 bits per heavy atom. The molecule has 5 nitrogen and oxygen atoms in total. The van der Waals surface area contributed by atoms with E-state index < -0.39 is 16.0 Å². The minimum absolute atomic E-state index is 0.199. The van der Waals surface area contributed by atoms with Crippen LogP contribution in [0.25, 0.3) is 6.08 Å². The maximum Gasteiger partial charge on any atom is 0.330 e. The molecule has 1 N–H and O–H groups in total. The molecule has 6 heteroatoms. The molecule has 0 saturated heterocycles. The van der Waals surface area contributed by atoms with Gasteiger partial charge in [-0.15, -0.1) is 0 Å². The van der Waals surface area contributed by atoms with E-state index in [4.69, 9.17) is 0 Å². The summed E-state index contributed by atoms with van der Waals surface area (Å²) < 4.78 is 31.3. The predicted octanol–water partition coefficient (Wildman–Crippen LogP) is 2.67. The number of benzene rings is 2. The van der Waals surface area contributed by atoms with Crippen LogP contribution in [0, 0.1) is 0 Å². The van der Waals surface area contributed by atoms with Gasteiger partial charge in [-0.25, -0.2) is 13.2 Å². The first-order valence-electron chi connectivity index (χ1n) is 6.45. The van der Waals surface area contributed by atoms with Gasteiger partial charge < -0.3 is 4.74 Å². The maximum atomic E-state index is 12.2. The molecule has 114 valence electrons. The molecule has 0 fully saturated rings. The lowest BCUT2D eigenvalue weighted by atomic mass is 10.2. The third kappa shape index (κ3) is 4.20. The summed E-state index contributed by atoms with van der Waals surface area (Å²) in [4.78, 5) is 11.2. The standard InChI is InChI=1S/C16H15NO4S/c1-21-16(18)12-9-13-7-10-14(11-8-13)17-22(19,20)15-5-3-2-4-6-15/h2-12,17H,1H3. The second-order valence-corrected chi connectivity index (χ2v) is 6.08. The quantitative estimate of drug-likeness (QED) is 0.680. The van der Waals surface area contributed by atoms with Crippen LogP contribution in [0.1, 0.15) is 5.56 Å². The number of carbonyl (C=O) groups is 1. The van der Waals surface area contributed by atoms with Crippen LogP contribution in [0.3, 0.4) is 0 Å². The van der Waals surface area contributed by atoms with Crippen molar-refractivity contribution in [3.05, 3.63) is 66.2 Å². The van der Waals surface area contributed by atoms with Crippen molar-refractivity contribution < 1.29 is 17.9 Å². The van der Waals surface area contributed by atoms with Crippen molar-refractivity contribution in [3.8, 4) is 0 Å². The third-order valence-corrected chi connectivity index (χ3v) is 4.23. The molecule has 0 aliphatic carbocycles. The molecule has 0 bridgehead atoms. The Hall–Kier alpha value is -2.60. The van der Waals surface area contributed by atoms with Gasteiger partial charge >= 0.3 is 5.97 Å². The van der Waals surface area contributed by atoms with E-state index in [9.17, 15) is 13.2 Å². The number of hydrogen-bond acceptors (Lipinski definition) is 4. The Morgan fingerprint density at radius 3 is 2.27 bits per heavy atom. The highest BCUT2D eigenvalue weighted by Gasteiger charge is 2.12. The fourth-order valence-corrected chi connectivity index (χ4v) is 2.79. The second-order valence-electron chi connectivity index (χ2n) is 4.40. The summed E-state index contributed by atoms with van der Waals surface area (Å²) in [6, 6.07) is 14.8. The summed E-state index contributed by atoms with van der Waals surface area (Å²) in [5, 5.41) is 0. The first-order valence-corrected chi connectivity index (χ1v) is 7.93. The number of sulfonamides is 1. The van der Waals surface area contributed by atoms with Crippen LogP contribution < -0.4 is 4.72 Å². The van der Waals surface area contributed by atoms with Gasteiger partial charge in [0.1, 0.15) is 0 Å². The molecule has 2 rings (SSSR count). The van der Waals surface area contributed by atoms with Crippen LogP contribution >= 0.6 is 0 Å². The van der Waals surface area contributed by atoms with Crippen LogP contribution in [-0.4, -0.2) is 21.5 Å². The average Bonchev–Trinajstić information content (AvgIpc) is 2.54. The molecule has 0 spiro atoms. The SMILES string of the molecule is COC(=O)C=Cc1ccc(NS(=O)(=O)c2ccccc2)cc1. The Bertz CT molecular complexity index is 766. The van der Waals surface area contributed by atoms with Crippen molar-refractivity contribution in [2.75, 3.05) is 11.8 Å². The minimum atomic E-state index is -3.60. The molecular formula is C16H15NO4S. The molecule has 0 radical (unpaired) electrons.